The highest BCUT2D eigenvalue weighted by molar-refractivity contribution is 7.22. The van der Waals surface area contributed by atoms with Crippen molar-refractivity contribution in [2.24, 2.45) is 5.73 Å². The maximum absolute atomic E-state index is 6.21. The van der Waals surface area contributed by atoms with Gasteiger partial charge in [0.05, 0.1) is 15.2 Å². The Bertz CT molecular complexity index is 721. The lowest BCUT2D eigenvalue weighted by atomic mass is 10.1. The van der Waals surface area contributed by atoms with Crippen molar-refractivity contribution >= 4 is 33.2 Å². The van der Waals surface area contributed by atoms with Crippen molar-refractivity contribution in [2.75, 3.05) is 6.54 Å². The van der Waals surface area contributed by atoms with Crippen molar-refractivity contribution in [3.05, 3.63) is 53.1 Å². The van der Waals surface area contributed by atoms with E-state index in [-0.39, 0.29) is 0 Å². The number of fused-ring (bicyclic) bond motifs is 1. The SMILES string of the molecule is NCCc1ccccc1-c1nc2cccc(Cl)c2s1. The van der Waals surface area contributed by atoms with Gasteiger partial charge in [-0.2, -0.15) is 0 Å². The van der Waals surface area contributed by atoms with E-state index in [1.54, 1.807) is 11.3 Å². The molecule has 0 radical (unpaired) electrons. The van der Waals surface area contributed by atoms with E-state index in [9.17, 15) is 0 Å². The van der Waals surface area contributed by atoms with E-state index in [4.69, 9.17) is 17.3 Å². The summed E-state index contributed by atoms with van der Waals surface area (Å²) >= 11 is 7.84. The summed E-state index contributed by atoms with van der Waals surface area (Å²) in [5, 5.41) is 1.77. The normalized spacial score (nSPS) is 11.1. The molecular formula is C15H13ClN2S. The van der Waals surface area contributed by atoms with E-state index in [0.29, 0.717) is 6.54 Å². The summed E-state index contributed by atoms with van der Waals surface area (Å²) in [6.45, 7) is 0.642. The summed E-state index contributed by atoms with van der Waals surface area (Å²) in [4.78, 5) is 4.68. The molecule has 4 heteroatoms. The van der Waals surface area contributed by atoms with Gasteiger partial charge in [0.15, 0.2) is 0 Å². The van der Waals surface area contributed by atoms with Crippen LogP contribution in [-0.4, -0.2) is 11.5 Å². The molecule has 19 heavy (non-hydrogen) atoms. The van der Waals surface area contributed by atoms with Crippen LogP contribution in [0.1, 0.15) is 5.56 Å². The third-order valence-corrected chi connectivity index (χ3v) is 4.59. The molecule has 0 saturated heterocycles. The minimum atomic E-state index is 0.642. The maximum Gasteiger partial charge on any atom is 0.124 e. The average molecular weight is 289 g/mol. The van der Waals surface area contributed by atoms with E-state index in [1.807, 2.05) is 30.3 Å². The first-order valence-electron chi connectivity index (χ1n) is 6.13. The van der Waals surface area contributed by atoms with Gasteiger partial charge in [-0.3, -0.25) is 0 Å². The average Bonchev–Trinajstić information content (AvgIpc) is 2.85. The molecule has 2 nitrogen and oxygen atoms in total. The lowest BCUT2D eigenvalue weighted by Crippen LogP contribution is -2.03. The first-order chi connectivity index (χ1) is 9.29. The standard InChI is InChI=1S/C15H13ClN2S/c16-12-6-3-7-13-14(12)19-15(18-13)11-5-2-1-4-10(11)8-9-17/h1-7H,8-9,17H2. The summed E-state index contributed by atoms with van der Waals surface area (Å²) in [6.07, 6.45) is 0.861. The second kappa shape index (κ2) is 5.29. The van der Waals surface area contributed by atoms with Gasteiger partial charge < -0.3 is 5.73 Å². The Morgan fingerprint density at radius 2 is 1.95 bits per heavy atom. The van der Waals surface area contributed by atoms with Crippen molar-refractivity contribution in [2.45, 2.75) is 6.42 Å². The Morgan fingerprint density at radius 1 is 1.11 bits per heavy atom. The predicted molar refractivity (Wildman–Crippen MR) is 82.8 cm³/mol. The smallest absolute Gasteiger partial charge is 0.124 e. The zero-order chi connectivity index (χ0) is 13.2. The number of nitrogens with two attached hydrogens (primary N) is 1. The number of halogens is 1. The zero-order valence-electron chi connectivity index (χ0n) is 10.3. The molecular weight excluding hydrogens is 276 g/mol. The zero-order valence-corrected chi connectivity index (χ0v) is 11.8. The van der Waals surface area contributed by atoms with E-state index in [0.717, 1.165) is 32.2 Å². The van der Waals surface area contributed by atoms with Crippen LogP contribution in [0.5, 0.6) is 0 Å². The first-order valence-corrected chi connectivity index (χ1v) is 7.32. The van der Waals surface area contributed by atoms with Crippen LogP contribution in [0.2, 0.25) is 5.02 Å². The van der Waals surface area contributed by atoms with E-state index < -0.39 is 0 Å². The fourth-order valence-corrected chi connectivity index (χ4v) is 3.45. The molecule has 1 aromatic heterocycles. The third-order valence-electron chi connectivity index (χ3n) is 3.03. The second-order valence-corrected chi connectivity index (χ2v) is 5.71. The van der Waals surface area contributed by atoms with Gasteiger partial charge in [-0.05, 0) is 30.7 Å². The lowest BCUT2D eigenvalue weighted by Gasteiger charge is -2.04. The molecule has 0 aliphatic rings. The molecule has 1 heterocycles. The summed E-state index contributed by atoms with van der Waals surface area (Å²) in [7, 11) is 0. The monoisotopic (exact) mass is 288 g/mol. The van der Waals surface area contributed by atoms with Crippen LogP contribution < -0.4 is 5.73 Å². The molecule has 3 rings (SSSR count). The van der Waals surface area contributed by atoms with E-state index in [1.165, 1.54) is 5.56 Å². The van der Waals surface area contributed by atoms with E-state index >= 15 is 0 Å². The van der Waals surface area contributed by atoms with Gasteiger partial charge in [0.1, 0.15) is 5.01 Å². The molecule has 0 amide bonds. The summed E-state index contributed by atoms with van der Waals surface area (Å²) in [6, 6.07) is 14.1. The maximum atomic E-state index is 6.21. The second-order valence-electron chi connectivity index (χ2n) is 4.30. The minimum Gasteiger partial charge on any atom is -0.330 e. The Kier molecular flexibility index (Phi) is 3.51. The van der Waals surface area contributed by atoms with Gasteiger partial charge in [0, 0.05) is 5.56 Å². The van der Waals surface area contributed by atoms with Crippen LogP contribution in [0.15, 0.2) is 42.5 Å². The molecule has 0 aliphatic carbocycles. The molecule has 2 aromatic carbocycles. The van der Waals surface area contributed by atoms with Gasteiger partial charge >= 0.3 is 0 Å². The molecule has 0 bridgehead atoms. The predicted octanol–water partition coefficient (Wildman–Crippen LogP) is 4.12. The van der Waals surface area contributed by atoms with Crippen molar-refractivity contribution in [1.82, 2.24) is 4.98 Å². The van der Waals surface area contributed by atoms with Crippen LogP contribution in [-0.2, 0) is 6.42 Å². The molecule has 2 N–H and O–H groups in total. The minimum absolute atomic E-state index is 0.642. The Balaban J connectivity index is 2.17. The highest BCUT2D eigenvalue weighted by atomic mass is 35.5. The molecule has 0 unspecified atom stereocenters. The van der Waals surface area contributed by atoms with Gasteiger partial charge in [0.25, 0.3) is 0 Å². The third kappa shape index (κ3) is 2.37. The quantitative estimate of drug-likeness (QED) is 0.787. The number of rotatable bonds is 3. The van der Waals surface area contributed by atoms with Gasteiger partial charge in [-0.1, -0.05) is 41.9 Å². The fraction of sp³-hybridized carbons (Fsp3) is 0.133. The molecule has 0 fully saturated rings. The number of hydrogen-bond acceptors (Lipinski definition) is 3. The summed E-state index contributed by atoms with van der Waals surface area (Å²) < 4.78 is 1.04. The van der Waals surface area contributed by atoms with Crippen molar-refractivity contribution < 1.29 is 0 Å². The van der Waals surface area contributed by atoms with Gasteiger partial charge in [-0.25, -0.2) is 4.98 Å². The Morgan fingerprint density at radius 3 is 2.74 bits per heavy atom. The van der Waals surface area contributed by atoms with Crippen LogP contribution in [0.3, 0.4) is 0 Å². The molecule has 0 spiro atoms. The summed E-state index contributed by atoms with van der Waals surface area (Å²) in [5.41, 5.74) is 9.02. The highest BCUT2D eigenvalue weighted by Crippen LogP contribution is 2.35. The fourth-order valence-electron chi connectivity index (χ4n) is 2.13. The van der Waals surface area contributed by atoms with Gasteiger partial charge in [0.2, 0.25) is 0 Å². The van der Waals surface area contributed by atoms with Crippen LogP contribution >= 0.6 is 22.9 Å². The van der Waals surface area contributed by atoms with Crippen molar-refractivity contribution in [3.8, 4) is 10.6 Å². The Hall–Kier alpha value is -1.42. The van der Waals surface area contributed by atoms with E-state index in [2.05, 4.69) is 17.1 Å². The largest absolute Gasteiger partial charge is 0.330 e. The number of thiazole rings is 1. The molecule has 0 aliphatic heterocycles. The van der Waals surface area contributed by atoms with Gasteiger partial charge in [-0.15, -0.1) is 11.3 Å². The first kappa shape index (κ1) is 12.6. The van der Waals surface area contributed by atoms with Crippen LogP contribution in [0.25, 0.3) is 20.8 Å². The van der Waals surface area contributed by atoms with Crippen LogP contribution in [0.4, 0.5) is 0 Å². The van der Waals surface area contributed by atoms with Crippen molar-refractivity contribution in [1.29, 1.82) is 0 Å². The topological polar surface area (TPSA) is 38.9 Å². The number of aromatic nitrogens is 1. The molecule has 96 valence electrons. The summed E-state index contributed by atoms with van der Waals surface area (Å²) in [5.74, 6) is 0. The number of nitrogens with zero attached hydrogens (tertiary/aromatic N) is 1. The highest BCUT2D eigenvalue weighted by Gasteiger charge is 2.11. The lowest BCUT2D eigenvalue weighted by molar-refractivity contribution is 0.970. The number of benzene rings is 2. The number of hydrogen-bond donors (Lipinski definition) is 1. The molecule has 3 aromatic rings. The Labute approximate surface area is 120 Å². The van der Waals surface area contributed by atoms with Crippen molar-refractivity contribution in [3.63, 3.8) is 0 Å². The molecule has 0 atom stereocenters. The molecule has 0 saturated carbocycles. The van der Waals surface area contributed by atoms with Crippen LogP contribution in [0, 0.1) is 0 Å².